The van der Waals surface area contributed by atoms with Gasteiger partial charge < -0.3 is 61.1 Å². The van der Waals surface area contributed by atoms with Gasteiger partial charge >= 0.3 is 18.0 Å². The maximum atomic E-state index is 15.6. The summed E-state index contributed by atoms with van der Waals surface area (Å²) in [6.07, 6.45) is 7.64. The normalized spacial score (nSPS) is 12.9. The highest BCUT2D eigenvalue weighted by molar-refractivity contribution is 6.11. The summed E-state index contributed by atoms with van der Waals surface area (Å²) in [5.74, 6) is -4.09. The fourth-order valence-electron chi connectivity index (χ4n) is 11.8. The number of nitrogens with two attached hydrogens (primary N) is 3. The number of anilines is 6. The van der Waals surface area contributed by atoms with Gasteiger partial charge in [-0.3, -0.25) is 14.4 Å². The molecular formula is C84H72F3N21O6. The average molecular weight is 1540 g/mol. The molecular weight excluding hydrogens is 1460 g/mol. The number of nitrogen functional groups attached to an aromatic ring is 3. The Bertz CT molecular complexity index is 6960. The van der Waals surface area contributed by atoms with Crippen LogP contribution in [0.15, 0.2) is 220 Å². The van der Waals surface area contributed by atoms with Gasteiger partial charge in [-0.05, 0) is 166 Å². The molecule has 114 heavy (non-hydrogen) atoms. The quantitative estimate of drug-likeness (QED) is 0.0435. The van der Waals surface area contributed by atoms with E-state index in [9.17, 15) is 14.4 Å². The van der Waals surface area contributed by atoms with E-state index in [2.05, 4.69) is 95.5 Å². The first-order valence-electron chi connectivity index (χ1n) is 40.4. The summed E-state index contributed by atoms with van der Waals surface area (Å²) in [6.45, 7) is 9.45. The van der Waals surface area contributed by atoms with Crippen LogP contribution in [0, 0.1) is 38.1 Å². The second-order valence-electron chi connectivity index (χ2n) is 25.3. The predicted molar refractivity (Wildman–Crippen MR) is 432 cm³/mol. The fourth-order valence-corrected chi connectivity index (χ4v) is 11.8. The van der Waals surface area contributed by atoms with Gasteiger partial charge in [-0.25, -0.2) is 73.0 Å². The number of rotatable bonds is 18. The van der Waals surface area contributed by atoms with Crippen LogP contribution in [0.2, 0.25) is 0 Å². The summed E-state index contributed by atoms with van der Waals surface area (Å²) >= 11 is 0. The topological polar surface area (TPSA) is 363 Å². The van der Waals surface area contributed by atoms with E-state index >= 15 is 13.2 Å². The molecule has 30 heteroatoms. The van der Waals surface area contributed by atoms with Gasteiger partial charge in [0.25, 0.3) is 17.7 Å². The van der Waals surface area contributed by atoms with E-state index in [1.807, 2.05) is 23.7 Å². The van der Waals surface area contributed by atoms with Crippen LogP contribution < -0.4 is 47.4 Å². The highest BCUT2D eigenvalue weighted by Gasteiger charge is 2.28. The Kier molecular flexibility index (Phi) is 17.5. The Morgan fingerprint density at radius 1 is 0.412 bits per heavy atom. The van der Waals surface area contributed by atoms with Gasteiger partial charge in [0.05, 0.1) is 38.7 Å². The third-order valence-electron chi connectivity index (χ3n) is 17.2. The van der Waals surface area contributed by atoms with E-state index in [1.165, 1.54) is 86.7 Å². The number of aryl methyl sites for hydroxylation is 6. The number of carbonyl (C=O) groups excluding carboxylic acids is 3. The highest BCUT2D eigenvalue weighted by atomic mass is 19.1. The van der Waals surface area contributed by atoms with Gasteiger partial charge in [-0.1, -0.05) is 74.3 Å². The number of aromatic nitrogens is 15. The molecule has 0 atom stereocenters. The minimum absolute atomic E-state index is 0.00206. The molecule has 0 saturated carbocycles. The molecule has 0 aliphatic rings. The number of hydrogen-bond acceptors (Lipinski definition) is 21. The first-order valence-corrected chi connectivity index (χ1v) is 33.9. The monoisotopic (exact) mass is 1540 g/mol. The van der Waals surface area contributed by atoms with Crippen molar-refractivity contribution in [2.45, 2.75) is 41.4 Å². The molecule has 0 aliphatic heterocycles. The average Bonchev–Trinajstić information content (AvgIpc) is 1.57. The van der Waals surface area contributed by atoms with Gasteiger partial charge in [0, 0.05) is 120 Å². The SMILES string of the molecule is [2H]C([2H])([2H])c1ccnc(Oc2ccc(-c3c(-c4ccc(NC(=O)C(=C)C)cc4)n(C([2H])([2H])[2H])c4ncnc(N)c34)cc2F)n1.[2H]C([2H])([2H])c1ccnc(Oc2ccc(-c3c(-c4ccc(NC(=O)C(=C)C)cc4)n(C)c4ncnc(N)c34)cc2F)n1.[2H]c1c([2H])c(-c2c(-c3ccc(Oc4nccc(C)n4)c(F)c3)c3c(N)ncnc3n2C)c([2H])c([2H])c1NC(=O)C(=C)C. The smallest absolute Gasteiger partial charge is 0.322 e. The Hall–Kier alpha value is -15.4. The second kappa shape index (κ2) is 32.4. The summed E-state index contributed by atoms with van der Waals surface area (Å²) < 4.78 is 172. The zero-order chi connectivity index (χ0) is 91.9. The maximum Gasteiger partial charge on any atom is 0.322 e. The van der Waals surface area contributed by atoms with Crippen molar-refractivity contribution >= 4 is 85.3 Å². The molecule has 570 valence electrons. The number of nitrogens with zero attached hydrogens (tertiary/aromatic N) is 15. The summed E-state index contributed by atoms with van der Waals surface area (Å²) in [4.78, 5) is 85.1. The third kappa shape index (κ3) is 16.2. The van der Waals surface area contributed by atoms with Crippen molar-refractivity contribution in [1.82, 2.24) is 73.5 Å². The van der Waals surface area contributed by atoms with Gasteiger partial charge in [-0.15, -0.1) is 0 Å². The highest BCUT2D eigenvalue weighted by Crippen LogP contribution is 2.47. The molecule has 9 aromatic heterocycles. The number of nitrogens with one attached hydrogen (secondary N) is 3. The summed E-state index contributed by atoms with van der Waals surface area (Å²) in [6, 6.07) is 27.3. The molecule has 0 unspecified atom stereocenters. The molecule has 6 aromatic carbocycles. The molecule has 0 spiro atoms. The van der Waals surface area contributed by atoms with Crippen LogP contribution in [0.1, 0.15) is 55.7 Å². The molecule has 0 aliphatic carbocycles. The van der Waals surface area contributed by atoms with Crippen LogP contribution in [0.25, 0.3) is 100 Å². The van der Waals surface area contributed by atoms with Crippen LogP contribution in [0.5, 0.6) is 35.3 Å². The number of benzene rings is 6. The Labute approximate surface area is 668 Å². The molecule has 3 amide bonds. The van der Waals surface area contributed by atoms with Crippen molar-refractivity contribution in [2.24, 2.45) is 21.1 Å². The predicted octanol–water partition coefficient (Wildman–Crippen LogP) is 16.3. The van der Waals surface area contributed by atoms with E-state index in [1.54, 1.807) is 87.0 Å². The first-order chi connectivity index (χ1) is 60.0. The van der Waals surface area contributed by atoms with Gasteiger partial charge in [-0.2, -0.15) is 0 Å². The summed E-state index contributed by atoms with van der Waals surface area (Å²) in [5.41, 5.74) is 25.4. The van der Waals surface area contributed by atoms with Crippen LogP contribution in [0.4, 0.5) is 47.7 Å². The van der Waals surface area contributed by atoms with Crippen LogP contribution >= 0.6 is 0 Å². The number of hydrogen-bond donors (Lipinski definition) is 6. The van der Waals surface area contributed by atoms with Crippen LogP contribution in [0.3, 0.4) is 0 Å². The largest absolute Gasteiger partial charge is 0.421 e. The van der Waals surface area contributed by atoms with Gasteiger partial charge in [0.15, 0.2) is 34.7 Å². The molecule has 0 saturated heterocycles. The van der Waals surface area contributed by atoms with Crippen molar-refractivity contribution < 1.29 is 59.6 Å². The number of amides is 3. The van der Waals surface area contributed by atoms with Gasteiger partial charge in [0.2, 0.25) is 0 Å². The maximum absolute atomic E-state index is 15.6. The van der Waals surface area contributed by atoms with Crippen molar-refractivity contribution in [3.8, 4) is 102 Å². The second-order valence-corrected chi connectivity index (χ2v) is 25.3. The Morgan fingerprint density at radius 3 is 1.06 bits per heavy atom. The Balaban J connectivity index is 0.000000163. The number of halogens is 3. The van der Waals surface area contributed by atoms with Crippen LogP contribution in [-0.2, 0) is 35.5 Å². The minimum Gasteiger partial charge on any atom is -0.421 e. The van der Waals surface area contributed by atoms with E-state index in [0.717, 1.165) is 22.5 Å². The fraction of sp³-hybridized carbons (Fsp3) is 0.107. The standard InChI is InChI=1S/3C28H24FN7O2/c3*1-15(2)27(37)35-19-8-5-17(6-9-19)24-22(23-25(30)32-14-33-26(23)36(24)4)18-7-10-21(20(29)13-18)38-28-31-12-11-16(3)34-28/h3*5-14H,1H2,2-4H3,(H,35,37)(H2,30,32,33)/i5D,6D,8D,9D;3D3,4D3;3D3. The summed E-state index contributed by atoms with van der Waals surface area (Å²) in [7, 11) is 3.42. The minimum atomic E-state index is -2.74. The van der Waals surface area contributed by atoms with E-state index in [-0.39, 0.29) is 137 Å². The Morgan fingerprint density at radius 2 is 0.728 bits per heavy atom. The molecule has 15 rings (SSSR count). The van der Waals surface area contributed by atoms with E-state index < -0.39 is 68.2 Å². The molecule has 9 N–H and O–H groups in total. The zero-order valence-corrected chi connectivity index (χ0v) is 61.2. The lowest BCUT2D eigenvalue weighted by atomic mass is 9.98. The third-order valence-corrected chi connectivity index (χ3v) is 17.2. The van der Waals surface area contributed by atoms with Crippen molar-refractivity contribution in [2.75, 3.05) is 33.2 Å². The lowest BCUT2D eigenvalue weighted by Gasteiger charge is -2.12. The number of carbonyl (C=O) groups is 3. The van der Waals surface area contributed by atoms with Crippen molar-refractivity contribution in [3.63, 3.8) is 0 Å². The van der Waals surface area contributed by atoms with Gasteiger partial charge in [0.1, 0.15) is 53.4 Å². The molecule has 0 fully saturated rings. The van der Waals surface area contributed by atoms with Crippen molar-refractivity contribution in [1.29, 1.82) is 0 Å². The van der Waals surface area contributed by atoms with Crippen LogP contribution in [-0.4, -0.2) is 91.2 Å². The van der Waals surface area contributed by atoms with Crippen molar-refractivity contribution in [3.05, 3.63) is 254 Å². The number of fused-ring (bicyclic) bond motifs is 3. The lowest BCUT2D eigenvalue weighted by Crippen LogP contribution is -2.11. The zero-order valence-electron chi connectivity index (χ0n) is 74.2. The summed E-state index contributed by atoms with van der Waals surface area (Å²) in [5, 5.41) is 8.89. The van der Waals surface area contributed by atoms with E-state index in [0.29, 0.717) is 72.7 Å². The molecule has 15 aromatic rings. The molecule has 27 nitrogen and oxygen atoms in total. The molecule has 0 bridgehead atoms. The lowest BCUT2D eigenvalue weighted by molar-refractivity contribution is -0.113. The molecule has 9 heterocycles. The first kappa shape index (κ1) is 61.5. The molecule has 0 radical (unpaired) electrons. The van der Waals surface area contributed by atoms with E-state index in [4.69, 9.17) is 49.2 Å². The number of ether oxygens (including phenoxy) is 3.